The van der Waals surface area contributed by atoms with E-state index >= 15 is 0 Å². The van der Waals surface area contributed by atoms with Crippen molar-refractivity contribution in [2.24, 2.45) is 11.1 Å². The van der Waals surface area contributed by atoms with E-state index in [2.05, 4.69) is 32.6 Å². The maximum atomic E-state index is 6.24. The van der Waals surface area contributed by atoms with Gasteiger partial charge >= 0.3 is 0 Å². The van der Waals surface area contributed by atoms with Crippen molar-refractivity contribution in [3.8, 4) is 0 Å². The van der Waals surface area contributed by atoms with Crippen molar-refractivity contribution in [1.82, 2.24) is 4.90 Å². The summed E-state index contributed by atoms with van der Waals surface area (Å²) in [5.74, 6) is 0. The lowest BCUT2D eigenvalue weighted by Crippen LogP contribution is -2.66. The van der Waals surface area contributed by atoms with Gasteiger partial charge in [-0.05, 0) is 31.7 Å². The second-order valence-corrected chi connectivity index (χ2v) is 6.42. The SMILES string of the molecule is CCN(C(C)COC)C1(CN)CCCCC1(C)C. The van der Waals surface area contributed by atoms with Crippen LogP contribution >= 0.6 is 0 Å². The molecule has 0 aliphatic heterocycles. The summed E-state index contributed by atoms with van der Waals surface area (Å²) in [4.78, 5) is 2.59. The Labute approximate surface area is 113 Å². The first-order valence-corrected chi connectivity index (χ1v) is 7.41. The van der Waals surface area contributed by atoms with Gasteiger partial charge in [-0.15, -0.1) is 0 Å². The van der Waals surface area contributed by atoms with Gasteiger partial charge in [-0.1, -0.05) is 33.6 Å². The average molecular weight is 256 g/mol. The van der Waals surface area contributed by atoms with Crippen LogP contribution in [0.15, 0.2) is 0 Å². The zero-order valence-electron chi connectivity index (χ0n) is 13.0. The highest BCUT2D eigenvalue weighted by atomic mass is 16.5. The average Bonchev–Trinajstić information content (AvgIpc) is 2.32. The highest BCUT2D eigenvalue weighted by Crippen LogP contribution is 2.47. The summed E-state index contributed by atoms with van der Waals surface area (Å²) in [5.41, 5.74) is 6.67. The van der Waals surface area contributed by atoms with Gasteiger partial charge in [0.05, 0.1) is 6.61 Å². The van der Waals surface area contributed by atoms with Crippen LogP contribution in [0.5, 0.6) is 0 Å². The third-order valence-corrected chi connectivity index (χ3v) is 5.07. The molecule has 3 nitrogen and oxygen atoms in total. The number of hydrogen-bond donors (Lipinski definition) is 1. The van der Waals surface area contributed by atoms with Crippen LogP contribution in [0.3, 0.4) is 0 Å². The molecule has 0 aromatic carbocycles. The zero-order chi connectivity index (χ0) is 13.8. The molecule has 0 amide bonds. The first-order valence-electron chi connectivity index (χ1n) is 7.41. The quantitative estimate of drug-likeness (QED) is 0.794. The third kappa shape index (κ3) is 2.73. The molecule has 0 bridgehead atoms. The Kier molecular flexibility index (Phi) is 5.63. The highest BCUT2D eigenvalue weighted by Gasteiger charge is 2.50. The second kappa shape index (κ2) is 6.36. The Bertz CT molecular complexity index is 255. The molecule has 3 heteroatoms. The third-order valence-electron chi connectivity index (χ3n) is 5.07. The molecule has 0 aromatic heterocycles. The number of nitrogens with zero attached hydrogens (tertiary/aromatic N) is 1. The van der Waals surface area contributed by atoms with Gasteiger partial charge in [-0.3, -0.25) is 4.90 Å². The van der Waals surface area contributed by atoms with E-state index in [1.807, 2.05) is 0 Å². The van der Waals surface area contributed by atoms with Crippen LogP contribution in [0.25, 0.3) is 0 Å². The van der Waals surface area contributed by atoms with E-state index in [9.17, 15) is 0 Å². The van der Waals surface area contributed by atoms with E-state index in [0.717, 1.165) is 19.7 Å². The molecular formula is C15H32N2O. The molecule has 0 spiro atoms. The van der Waals surface area contributed by atoms with Crippen LogP contribution < -0.4 is 5.73 Å². The molecule has 108 valence electrons. The normalized spacial score (nSPS) is 29.5. The lowest BCUT2D eigenvalue weighted by Gasteiger charge is -2.57. The summed E-state index contributed by atoms with van der Waals surface area (Å²) >= 11 is 0. The molecule has 1 aliphatic rings. The predicted molar refractivity (Wildman–Crippen MR) is 77.8 cm³/mol. The Morgan fingerprint density at radius 2 is 1.89 bits per heavy atom. The van der Waals surface area contributed by atoms with E-state index in [1.54, 1.807) is 7.11 Å². The molecule has 1 aliphatic carbocycles. The van der Waals surface area contributed by atoms with E-state index in [-0.39, 0.29) is 11.0 Å². The monoisotopic (exact) mass is 256 g/mol. The lowest BCUT2D eigenvalue weighted by atomic mass is 9.62. The molecule has 0 saturated heterocycles. The van der Waals surface area contributed by atoms with Crippen LogP contribution in [-0.2, 0) is 4.74 Å². The van der Waals surface area contributed by atoms with Crippen LogP contribution in [0, 0.1) is 5.41 Å². The molecule has 1 rings (SSSR count). The maximum Gasteiger partial charge on any atom is 0.0615 e. The van der Waals surface area contributed by atoms with E-state index in [1.165, 1.54) is 25.7 Å². The number of ether oxygens (including phenoxy) is 1. The molecular weight excluding hydrogens is 224 g/mol. The molecule has 2 atom stereocenters. The Hall–Kier alpha value is -0.120. The summed E-state index contributed by atoms with van der Waals surface area (Å²) in [7, 11) is 1.78. The standard InChI is InChI=1S/C15H32N2O/c1-6-17(13(2)11-18-5)15(12-16)10-8-7-9-14(15,3)4/h13H,6-12,16H2,1-5H3. The van der Waals surface area contributed by atoms with Crippen molar-refractivity contribution < 1.29 is 4.74 Å². The van der Waals surface area contributed by atoms with Gasteiger partial charge in [0.15, 0.2) is 0 Å². The molecule has 1 saturated carbocycles. The summed E-state index contributed by atoms with van der Waals surface area (Å²) in [5, 5.41) is 0. The van der Waals surface area contributed by atoms with Crippen molar-refractivity contribution in [3.63, 3.8) is 0 Å². The van der Waals surface area contributed by atoms with Crippen molar-refractivity contribution in [3.05, 3.63) is 0 Å². The molecule has 0 heterocycles. The van der Waals surface area contributed by atoms with Crippen LogP contribution in [-0.4, -0.2) is 43.3 Å². The topological polar surface area (TPSA) is 38.5 Å². The number of hydrogen-bond acceptors (Lipinski definition) is 3. The smallest absolute Gasteiger partial charge is 0.0615 e. The Morgan fingerprint density at radius 1 is 1.28 bits per heavy atom. The van der Waals surface area contributed by atoms with E-state index < -0.39 is 0 Å². The van der Waals surface area contributed by atoms with Crippen molar-refractivity contribution in [2.45, 2.75) is 65.0 Å². The van der Waals surface area contributed by atoms with Gasteiger partial charge < -0.3 is 10.5 Å². The van der Waals surface area contributed by atoms with Crippen molar-refractivity contribution in [2.75, 3.05) is 26.8 Å². The predicted octanol–water partition coefficient (Wildman–Crippen LogP) is 2.64. The minimum Gasteiger partial charge on any atom is -0.383 e. The molecule has 0 radical (unpaired) electrons. The largest absolute Gasteiger partial charge is 0.383 e. The Morgan fingerprint density at radius 3 is 2.33 bits per heavy atom. The maximum absolute atomic E-state index is 6.24. The summed E-state index contributed by atoms with van der Waals surface area (Å²) in [6.45, 7) is 11.9. The first-order chi connectivity index (χ1) is 8.45. The van der Waals surface area contributed by atoms with Gasteiger partial charge in [0.2, 0.25) is 0 Å². The summed E-state index contributed by atoms with van der Waals surface area (Å²) in [6, 6.07) is 0.431. The fourth-order valence-corrected chi connectivity index (χ4v) is 3.95. The van der Waals surface area contributed by atoms with Crippen LogP contribution in [0.1, 0.15) is 53.4 Å². The van der Waals surface area contributed by atoms with E-state index in [4.69, 9.17) is 10.5 Å². The fraction of sp³-hybridized carbons (Fsp3) is 1.00. The molecule has 2 unspecified atom stereocenters. The Balaban J connectivity index is 3.02. The number of nitrogens with two attached hydrogens (primary N) is 1. The van der Waals surface area contributed by atoms with Gasteiger partial charge in [0.1, 0.15) is 0 Å². The van der Waals surface area contributed by atoms with Gasteiger partial charge in [0.25, 0.3) is 0 Å². The summed E-state index contributed by atoms with van der Waals surface area (Å²) < 4.78 is 5.35. The van der Waals surface area contributed by atoms with Gasteiger partial charge in [0, 0.05) is 25.2 Å². The lowest BCUT2D eigenvalue weighted by molar-refractivity contribution is -0.0742. The number of methoxy groups -OCH3 is 1. The van der Waals surface area contributed by atoms with Crippen molar-refractivity contribution in [1.29, 1.82) is 0 Å². The minimum atomic E-state index is 0.137. The van der Waals surface area contributed by atoms with Gasteiger partial charge in [-0.2, -0.15) is 0 Å². The van der Waals surface area contributed by atoms with Crippen LogP contribution in [0.2, 0.25) is 0 Å². The number of rotatable bonds is 6. The molecule has 0 aromatic rings. The first kappa shape index (κ1) is 15.9. The zero-order valence-corrected chi connectivity index (χ0v) is 13.0. The van der Waals surface area contributed by atoms with E-state index in [0.29, 0.717) is 6.04 Å². The fourth-order valence-electron chi connectivity index (χ4n) is 3.95. The van der Waals surface area contributed by atoms with Crippen LogP contribution in [0.4, 0.5) is 0 Å². The van der Waals surface area contributed by atoms with Crippen molar-refractivity contribution >= 4 is 0 Å². The highest BCUT2D eigenvalue weighted by molar-refractivity contribution is 5.06. The minimum absolute atomic E-state index is 0.137. The molecule has 1 fully saturated rings. The molecule has 2 N–H and O–H groups in total. The second-order valence-electron chi connectivity index (χ2n) is 6.42. The molecule has 18 heavy (non-hydrogen) atoms. The number of likely N-dealkylation sites (N-methyl/N-ethyl adjacent to an activating group) is 1. The summed E-state index contributed by atoms with van der Waals surface area (Å²) in [6.07, 6.45) is 5.14. The van der Waals surface area contributed by atoms with Gasteiger partial charge in [-0.25, -0.2) is 0 Å².